The summed E-state index contributed by atoms with van der Waals surface area (Å²) in [4.78, 5) is 12.9. The SMILES string of the molecule is COc1ccc(CNC(=O)[C@H](C)Sc2nnc(-c3ccc(OC)cc3)n2[C@@H]2CCCC[C@H]2C)cc1. The molecule has 1 aromatic heterocycles. The van der Waals surface area contributed by atoms with Crippen molar-refractivity contribution in [2.24, 2.45) is 5.92 Å². The average Bonchev–Trinajstić information content (AvgIpc) is 3.30. The molecule has 0 unspecified atom stereocenters. The number of thioether (sulfide) groups is 1. The Labute approximate surface area is 211 Å². The van der Waals surface area contributed by atoms with Crippen LogP contribution in [0.1, 0.15) is 51.1 Å². The van der Waals surface area contributed by atoms with E-state index in [0.717, 1.165) is 40.0 Å². The molecule has 1 fully saturated rings. The monoisotopic (exact) mass is 494 g/mol. The van der Waals surface area contributed by atoms with Gasteiger partial charge in [-0.05, 0) is 67.6 Å². The number of methoxy groups -OCH3 is 2. The molecule has 0 bridgehead atoms. The number of carbonyl (C=O) groups is 1. The van der Waals surface area contributed by atoms with Gasteiger partial charge in [0.25, 0.3) is 0 Å². The molecule has 0 aliphatic heterocycles. The first kappa shape index (κ1) is 25.1. The van der Waals surface area contributed by atoms with E-state index in [1.54, 1.807) is 14.2 Å². The van der Waals surface area contributed by atoms with Gasteiger partial charge in [-0.3, -0.25) is 9.36 Å². The molecule has 1 aliphatic carbocycles. The van der Waals surface area contributed by atoms with Crippen LogP contribution in [0.4, 0.5) is 0 Å². The first-order valence-electron chi connectivity index (χ1n) is 12.2. The van der Waals surface area contributed by atoms with E-state index in [2.05, 4.69) is 27.0 Å². The minimum absolute atomic E-state index is 0.0249. The van der Waals surface area contributed by atoms with Crippen molar-refractivity contribution in [3.8, 4) is 22.9 Å². The van der Waals surface area contributed by atoms with E-state index in [1.807, 2.05) is 55.5 Å². The van der Waals surface area contributed by atoms with Crippen LogP contribution in [0.2, 0.25) is 0 Å². The molecule has 1 heterocycles. The quantitative estimate of drug-likeness (QED) is 0.395. The zero-order valence-electron chi connectivity index (χ0n) is 20.9. The molecule has 0 saturated heterocycles. The van der Waals surface area contributed by atoms with E-state index in [4.69, 9.17) is 9.47 Å². The molecule has 1 saturated carbocycles. The van der Waals surface area contributed by atoms with E-state index < -0.39 is 0 Å². The Morgan fingerprint density at radius 2 is 1.66 bits per heavy atom. The van der Waals surface area contributed by atoms with E-state index in [1.165, 1.54) is 31.0 Å². The van der Waals surface area contributed by atoms with E-state index in [0.29, 0.717) is 18.5 Å². The third-order valence-electron chi connectivity index (χ3n) is 6.69. The number of carbonyl (C=O) groups excluding carboxylic acids is 1. The summed E-state index contributed by atoms with van der Waals surface area (Å²) in [6.45, 7) is 4.70. The van der Waals surface area contributed by atoms with Gasteiger partial charge in [0, 0.05) is 18.2 Å². The Morgan fingerprint density at radius 1 is 1.03 bits per heavy atom. The standard InChI is InChI=1S/C27H34N4O3S/c1-18-7-5-6-8-24(18)31-25(21-11-15-23(34-4)16-12-21)29-30-27(31)35-19(2)26(32)28-17-20-9-13-22(33-3)14-10-20/h9-16,18-19,24H,5-8,17H2,1-4H3,(H,28,32)/t18-,19+,24-/m1/s1. The summed E-state index contributed by atoms with van der Waals surface area (Å²) in [5.74, 6) is 2.95. The van der Waals surface area contributed by atoms with Gasteiger partial charge in [0.2, 0.25) is 5.91 Å². The maximum absolute atomic E-state index is 12.9. The average molecular weight is 495 g/mol. The zero-order valence-corrected chi connectivity index (χ0v) is 21.7. The van der Waals surface area contributed by atoms with Crippen molar-refractivity contribution in [3.05, 3.63) is 54.1 Å². The Balaban J connectivity index is 1.52. The highest BCUT2D eigenvalue weighted by atomic mass is 32.2. The highest BCUT2D eigenvalue weighted by Crippen LogP contribution is 2.39. The summed E-state index contributed by atoms with van der Waals surface area (Å²) < 4.78 is 12.8. The van der Waals surface area contributed by atoms with Crippen molar-refractivity contribution in [1.82, 2.24) is 20.1 Å². The highest BCUT2D eigenvalue weighted by molar-refractivity contribution is 8.00. The fourth-order valence-electron chi connectivity index (χ4n) is 4.56. The zero-order chi connectivity index (χ0) is 24.8. The van der Waals surface area contributed by atoms with Gasteiger partial charge < -0.3 is 14.8 Å². The topological polar surface area (TPSA) is 78.3 Å². The van der Waals surface area contributed by atoms with Crippen LogP contribution in [-0.4, -0.2) is 40.1 Å². The number of benzene rings is 2. The van der Waals surface area contributed by atoms with Crippen molar-refractivity contribution in [1.29, 1.82) is 0 Å². The van der Waals surface area contributed by atoms with Gasteiger partial charge in [-0.15, -0.1) is 10.2 Å². The summed E-state index contributed by atoms with van der Waals surface area (Å²) in [5.41, 5.74) is 2.02. The molecule has 4 rings (SSSR count). The Bertz CT molecular complexity index is 1110. The molecule has 2 aromatic carbocycles. The maximum atomic E-state index is 12.9. The molecule has 186 valence electrons. The predicted octanol–water partition coefficient (Wildman–Crippen LogP) is 5.51. The molecule has 0 spiro atoms. The van der Waals surface area contributed by atoms with Gasteiger partial charge in [-0.25, -0.2) is 0 Å². The van der Waals surface area contributed by atoms with Crippen LogP contribution < -0.4 is 14.8 Å². The fourth-order valence-corrected chi connectivity index (χ4v) is 5.49. The van der Waals surface area contributed by atoms with Crippen molar-refractivity contribution < 1.29 is 14.3 Å². The van der Waals surface area contributed by atoms with Crippen LogP contribution >= 0.6 is 11.8 Å². The third-order valence-corrected chi connectivity index (χ3v) is 7.74. The second-order valence-electron chi connectivity index (χ2n) is 9.06. The normalized spacial score (nSPS) is 18.6. The van der Waals surface area contributed by atoms with Crippen LogP contribution in [0, 0.1) is 5.92 Å². The van der Waals surface area contributed by atoms with E-state index in [-0.39, 0.29) is 11.2 Å². The Morgan fingerprint density at radius 3 is 2.29 bits per heavy atom. The van der Waals surface area contributed by atoms with E-state index in [9.17, 15) is 4.79 Å². The Kier molecular flexibility index (Phi) is 8.33. The second kappa shape index (κ2) is 11.6. The van der Waals surface area contributed by atoms with Gasteiger partial charge in [0.05, 0.1) is 19.5 Å². The lowest BCUT2D eigenvalue weighted by molar-refractivity contribution is -0.120. The van der Waals surface area contributed by atoms with Gasteiger partial charge in [-0.2, -0.15) is 0 Å². The molecule has 1 amide bonds. The fraction of sp³-hybridized carbons (Fsp3) is 0.444. The van der Waals surface area contributed by atoms with Crippen molar-refractivity contribution in [2.75, 3.05) is 14.2 Å². The molecule has 3 aromatic rings. The number of rotatable bonds is 9. The number of nitrogens with zero attached hydrogens (tertiary/aromatic N) is 3. The maximum Gasteiger partial charge on any atom is 0.233 e. The second-order valence-corrected chi connectivity index (χ2v) is 10.4. The number of nitrogens with one attached hydrogen (secondary N) is 1. The molecule has 35 heavy (non-hydrogen) atoms. The van der Waals surface area contributed by atoms with Gasteiger partial charge >= 0.3 is 0 Å². The van der Waals surface area contributed by atoms with Crippen molar-refractivity contribution in [3.63, 3.8) is 0 Å². The number of hydrogen-bond acceptors (Lipinski definition) is 6. The largest absolute Gasteiger partial charge is 0.497 e. The minimum Gasteiger partial charge on any atom is -0.497 e. The molecular formula is C27H34N4O3S. The lowest BCUT2D eigenvalue weighted by Crippen LogP contribution is -2.31. The first-order chi connectivity index (χ1) is 17.0. The smallest absolute Gasteiger partial charge is 0.233 e. The number of ether oxygens (including phenoxy) is 2. The third kappa shape index (κ3) is 5.99. The molecule has 8 heteroatoms. The summed E-state index contributed by atoms with van der Waals surface area (Å²) >= 11 is 1.47. The summed E-state index contributed by atoms with van der Waals surface area (Å²) in [6, 6.07) is 16.0. The lowest BCUT2D eigenvalue weighted by Gasteiger charge is -2.31. The van der Waals surface area contributed by atoms with Crippen LogP contribution in [0.25, 0.3) is 11.4 Å². The lowest BCUT2D eigenvalue weighted by atomic mass is 9.85. The van der Waals surface area contributed by atoms with Crippen LogP contribution in [-0.2, 0) is 11.3 Å². The van der Waals surface area contributed by atoms with E-state index >= 15 is 0 Å². The number of hydrogen-bond donors (Lipinski definition) is 1. The van der Waals surface area contributed by atoms with Crippen molar-refractivity contribution >= 4 is 17.7 Å². The molecule has 7 nitrogen and oxygen atoms in total. The summed E-state index contributed by atoms with van der Waals surface area (Å²) in [5, 5.41) is 12.7. The van der Waals surface area contributed by atoms with Crippen LogP contribution in [0.3, 0.4) is 0 Å². The molecule has 1 N–H and O–H groups in total. The predicted molar refractivity (Wildman–Crippen MR) is 139 cm³/mol. The summed E-state index contributed by atoms with van der Waals surface area (Å²) in [7, 11) is 3.31. The summed E-state index contributed by atoms with van der Waals surface area (Å²) in [6.07, 6.45) is 4.72. The molecular weight excluding hydrogens is 460 g/mol. The van der Waals surface area contributed by atoms with Crippen molar-refractivity contribution in [2.45, 2.75) is 62.5 Å². The molecule has 1 aliphatic rings. The van der Waals surface area contributed by atoms with Gasteiger partial charge in [-0.1, -0.05) is 43.7 Å². The highest BCUT2D eigenvalue weighted by Gasteiger charge is 2.30. The van der Waals surface area contributed by atoms with Gasteiger partial charge in [0.15, 0.2) is 11.0 Å². The minimum atomic E-state index is -0.307. The molecule has 0 radical (unpaired) electrons. The van der Waals surface area contributed by atoms with Crippen LogP contribution in [0.15, 0.2) is 53.7 Å². The molecule has 3 atom stereocenters. The Hall–Kier alpha value is -3.00. The number of aromatic nitrogens is 3. The number of amides is 1. The first-order valence-corrected chi connectivity index (χ1v) is 13.0. The van der Waals surface area contributed by atoms with Crippen LogP contribution in [0.5, 0.6) is 11.5 Å². The van der Waals surface area contributed by atoms with Gasteiger partial charge in [0.1, 0.15) is 11.5 Å².